The van der Waals surface area contributed by atoms with Crippen LogP contribution in [0, 0.1) is 11.8 Å². The van der Waals surface area contributed by atoms with Crippen LogP contribution in [0.1, 0.15) is 26.2 Å². The first-order chi connectivity index (χ1) is 6.18. The lowest BCUT2D eigenvalue weighted by Gasteiger charge is -2.20. The molecular weight excluding hydrogens is 164 g/mol. The summed E-state index contributed by atoms with van der Waals surface area (Å²) in [5.41, 5.74) is 5.76. The molecule has 2 rings (SSSR count). The van der Waals surface area contributed by atoms with Gasteiger partial charge in [-0.05, 0) is 25.2 Å². The Labute approximate surface area is 79.3 Å². The summed E-state index contributed by atoms with van der Waals surface area (Å²) >= 11 is 0. The lowest BCUT2D eigenvalue weighted by Crippen LogP contribution is -2.36. The number of nitrogens with two attached hydrogens (primary N) is 1. The van der Waals surface area contributed by atoms with Crippen molar-refractivity contribution in [1.82, 2.24) is 4.90 Å². The highest BCUT2D eigenvalue weighted by Crippen LogP contribution is 2.37. The third-order valence-corrected chi connectivity index (χ3v) is 3.26. The van der Waals surface area contributed by atoms with Crippen LogP contribution in [-0.2, 0) is 4.79 Å². The minimum absolute atomic E-state index is 0.218. The predicted molar refractivity (Wildman–Crippen MR) is 51.1 cm³/mol. The summed E-state index contributed by atoms with van der Waals surface area (Å²) in [7, 11) is 0. The Hall–Kier alpha value is -0.570. The molecule has 0 aromatic heterocycles. The van der Waals surface area contributed by atoms with E-state index in [-0.39, 0.29) is 12.0 Å². The van der Waals surface area contributed by atoms with Crippen molar-refractivity contribution in [2.24, 2.45) is 17.6 Å². The van der Waals surface area contributed by atoms with Crippen molar-refractivity contribution in [3.05, 3.63) is 0 Å². The van der Waals surface area contributed by atoms with Gasteiger partial charge in [0, 0.05) is 25.0 Å². The largest absolute Gasteiger partial charge is 0.341 e. The quantitative estimate of drug-likeness (QED) is 0.679. The first-order valence-corrected chi connectivity index (χ1v) is 5.23. The Kier molecular flexibility index (Phi) is 2.28. The van der Waals surface area contributed by atoms with Crippen LogP contribution in [-0.4, -0.2) is 29.9 Å². The van der Waals surface area contributed by atoms with Crippen molar-refractivity contribution < 1.29 is 4.79 Å². The smallest absolute Gasteiger partial charge is 0.225 e. The van der Waals surface area contributed by atoms with Crippen molar-refractivity contribution in [2.75, 3.05) is 13.1 Å². The molecular formula is C10H18N2O. The fourth-order valence-corrected chi connectivity index (χ4v) is 2.07. The Morgan fingerprint density at radius 3 is 2.62 bits per heavy atom. The molecule has 74 valence electrons. The van der Waals surface area contributed by atoms with Gasteiger partial charge in [-0.3, -0.25) is 4.79 Å². The van der Waals surface area contributed by atoms with Crippen LogP contribution in [0.25, 0.3) is 0 Å². The lowest BCUT2D eigenvalue weighted by molar-refractivity contribution is -0.134. The van der Waals surface area contributed by atoms with Crippen LogP contribution in [0.3, 0.4) is 0 Å². The normalized spacial score (nSPS) is 30.6. The molecule has 0 radical (unpaired) electrons. The number of hydrogen-bond acceptors (Lipinski definition) is 2. The van der Waals surface area contributed by atoms with Gasteiger partial charge in [0.05, 0.1) is 0 Å². The third kappa shape index (κ3) is 1.85. The minimum Gasteiger partial charge on any atom is -0.341 e. The summed E-state index contributed by atoms with van der Waals surface area (Å²) in [6.07, 6.45) is 3.46. The number of carbonyl (C=O) groups is 1. The molecule has 0 aromatic carbocycles. The van der Waals surface area contributed by atoms with E-state index < -0.39 is 0 Å². The molecule has 2 N–H and O–H groups in total. The van der Waals surface area contributed by atoms with Crippen LogP contribution in [0.4, 0.5) is 0 Å². The van der Waals surface area contributed by atoms with E-state index in [1.54, 1.807) is 0 Å². The zero-order valence-corrected chi connectivity index (χ0v) is 8.20. The minimum atomic E-state index is 0.218. The first kappa shape index (κ1) is 9.00. The first-order valence-electron chi connectivity index (χ1n) is 5.23. The molecule has 13 heavy (non-hydrogen) atoms. The van der Waals surface area contributed by atoms with Crippen LogP contribution in [0.5, 0.6) is 0 Å². The van der Waals surface area contributed by atoms with Gasteiger partial charge >= 0.3 is 0 Å². The SMILES string of the molecule is CC(C(=O)N1CC[C@@H](N)C1)C1CC1. The number of likely N-dealkylation sites (tertiary alicyclic amines) is 1. The lowest BCUT2D eigenvalue weighted by atomic mass is 10.1. The van der Waals surface area contributed by atoms with E-state index in [0.29, 0.717) is 11.8 Å². The van der Waals surface area contributed by atoms with E-state index in [4.69, 9.17) is 5.73 Å². The van der Waals surface area contributed by atoms with E-state index in [0.717, 1.165) is 19.5 Å². The van der Waals surface area contributed by atoms with E-state index in [1.165, 1.54) is 12.8 Å². The molecule has 1 aliphatic heterocycles. The van der Waals surface area contributed by atoms with Crippen molar-refractivity contribution in [1.29, 1.82) is 0 Å². The van der Waals surface area contributed by atoms with Gasteiger partial charge in [-0.1, -0.05) is 6.92 Å². The fourth-order valence-electron chi connectivity index (χ4n) is 2.07. The second-order valence-corrected chi connectivity index (χ2v) is 4.46. The van der Waals surface area contributed by atoms with Gasteiger partial charge in [0.2, 0.25) is 5.91 Å². The molecule has 1 amide bonds. The molecule has 2 aliphatic rings. The summed E-state index contributed by atoms with van der Waals surface area (Å²) in [4.78, 5) is 13.8. The maximum absolute atomic E-state index is 11.8. The van der Waals surface area contributed by atoms with Gasteiger partial charge < -0.3 is 10.6 Å². The molecule has 0 spiro atoms. The summed E-state index contributed by atoms with van der Waals surface area (Å²) in [5, 5.41) is 0. The Balaban J connectivity index is 1.88. The van der Waals surface area contributed by atoms with Gasteiger partial charge in [-0.2, -0.15) is 0 Å². The molecule has 3 heteroatoms. The van der Waals surface area contributed by atoms with E-state index >= 15 is 0 Å². The number of carbonyl (C=O) groups excluding carboxylic acids is 1. The third-order valence-electron chi connectivity index (χ3n) is 3.26. The maximum Gasteiger partial charge on any atom is 0.225 e. The van der Waals surface area contributed by atoms with Crippen LogP contribution in [0.15, 0.2) is 0 Å². The van der Waals surface area contributed by atoms with Gasteiger partial charge in [0.15, 0.2) is 0 Å². The van der Waals surface area contributed by atoms with Crippen LogP contribution in [0.2, 0.25) is 0 Å². The van der Waals surface area contributed by atoms with E-state index in [1.807, 2.05) is 4.90 Å². The van der Waals surface area contributed by atoms with Gasteiger partial charge in [-0.25, -0.2) is 0 Å². The van der Waals surface area contributed by atoms with Crippen LogP contribution < -0.4 is 5.73 Å². The summed E-state index contributed by atoms with van der Waals surface area (Å²) in [5.74, 6) is 1.24. The van der Waals surface area contributed by atoms with Crippen molar-refractivity contribution in [3.8, 4) is 0 Å². The summed E-state index contributed by atoms with van der Waals surface area (Å²) in [6, 6.07) is 0.218. The average Bonchev–Trinajstić information content (AvgIpc) is 2.87. The van der Waals surface area contributed by atoms with Crippen LogP contribution >= 0.6 is 0 Å². The Morgan fingerprint density at radius 2 is 2.15 bits per heavy atom. The predicted octanol–water partition coefficient (Wildman–Crippen LogP) is 0.592. The van der Waals surface area contributed by atoms with E-state index in [9.17, 15) is 4.79 Å². The number of nitrogens with zero attached hydrogens (tertiary/aromatic N) is 1. The van der Waals surface area contributed by atoms with Gasteiger partial charge in [0.25, 0.3) is 0 Å². The van der Waals surface area contributed by atoms with Crippen molar-refractivity contribution in [3.63, 3.8) is 0 Å². The average molecular weight is 182 g/mol. The summed E-state index contributed by atoms with van der Waals surface area (Å²) < 4.78 is 0. The highest BCUT2D eigenvalue weighted by Gasteiger charge is 2.36. The number of rotatable bonds is 2. The second kappa shape index (κ2) is 3.29. The zero-order chi connectivity index (χ0) is 9.42. The van der Waals surface area contributed by atoms with Crippen molar-refractivity contribution in [2.45, 2.75) is 32.2 Å². The fraction of sp³-hybridized carbons (Fsp3) is 0.900. The molecule has 1 saturated carbocycles. The Morgan fingerprint density at radius 1 is 1.46 bits per heavy atom. The monoisotopic (exact) mass is 182 g/mol. The van der Waals surface area contributed by atoms with Gasteiger partial charge in [0.1, 0.15) is 0 Å². The highest BCUT2D eigenvalue weighted by molar-refractivity contribution is 5.79. The van der Waals surface area contributed by atoms with Crippen molar-refractivity contribution >= 4 is 5.91 Å². The summed E-state index contributed by atoms with van der Waals surface area (Å²) in [6.45, 7) is 3.71. The van der Waals surface area contributed by atoms with E-state index in [2.05, 4.69) is 6.92 Å². The topological polar surface area (TPSA) is 46.3 Å². The second-order valence-electron chi connectivity index (χ2n) is 4.46. The number of amides is 1. The molecule has 1 unspecified atom stereocenters. The molecule has 0 aromatic rings. The molecule has 2 fully saturated rings. The maximum atomic E-state index is 11.8. The molecule has 0 bridgehead atoms. The molecule has 2 atom stereocenters. The van der Waals surface area contributed by atoms with Gasteiger partial charge in [-0.15, -0.1) is 0 Å². The molecule has 1 saturated heterocycles. The highest BCUT2D eigenvalue weighted by atomic mass is 16.2. The number of hydrogen-bond donors (Lipinski definition) is 1. The molecule has 1 heterocycles. The molecule has 1 aliphatic carbocycles. The molecule has 3 nitrogen and oxygen atoms in total. The Bertz CT molecular complexity index is 213. The zero-order valence-electron chi connectivity index (χ0n) is 8.20. The standard InChI is InChI=1S/C10H18N2O/c1-7(8-2-3-8)10(13)12-5-4-9(11)6-12/h7-9H,2-6,11H2,1H3/t7?,9-/m1/s1.